The summed E-state index contributed by atoms with van der Waals surface area (Å²) in [5.74, 6) is 0.456. The fourth-order valence-electron chi connectivity index (χ4n) is 3.40. The molecule has 1 N–H and O–H groups in total. The molecule has 0 aliphatic heterocycles. The predicted molar refractivity (Wildman–Crippen MR) is 111 cm³/mol. The molecule has 0 saturated carbocycles. The van der Waals surface area contributed by atoms with Gasteiger partial charge < -0.3 is 4.57 Å². The van der Waals surface area contributed by atoms with Crippen LogP contribution in [0, 0.1) is 17.0 Å². The first-order valence-electron chi connectivity index (χ1n) is 9.87. The van der Waals surface area contributed by atoms with Gasteiger partial charge in [0.25, 0.3) is 11.2 Å². The largest absolute Gasteiger partial charge is 0.330 e. The Morgan fingerprint density at radius 2 is 1.76 bits per heavy atom. The molecule has 3 aromatic rings. The minimum absolute atomic E-state index is 0.00567. The third kappa shape index (κ3) is 3.85. The third-order valence-corrected chi connectivity index (χ3v) is 5.02. The van der Waals surface area contributed by atoms with Gasteiger partial charge in [0, 0.05) is 30.3 Å². The molecular weight excluding hydrogens is 374 g/mol. The van der Waals surface area contributed by atoms with Crippen LogP contribution in [-0.4, -0.2) is 24.0 Å². The first kappa shape index (κ1) is 20.5. The molecule has 1 aromatic carbocycles. The van der Waals surface area contributed by atoms with E-state index in [1.54, 1.807) is 23.6 Å². The molecule has 3 rings (SSSR count). The average molecular weight is 399 g/mol. The van der Waals surface area contributed by atoms with E-state index in [2.05, 4.69) is 9.97 Å². The summed E-state index contributed by atoms with van der Waals surface area (Å²) in [5.41, 5.74) is 0.755. The topological polar surface area (TPSA) is 116 Å². The lowest BCUT2D eigenvalue weighted by Crippen LogP contribution is -2.31. The fourth-order valence-corrected chi connectivity index (χ4v) is 3.40. The van der Waals surface area contributed by atoms with E-state index in [1.165, 1.54) is 10.6 Å². The zero-order valence-corrected chi connectivity index (χ0v) is 16.9. The summed E-state index contributed by atoms with van der Waals surface area (Å²) in [7, 11) is 0. The van der Waals surface area contributed by atoms with Crippen LogP contribution in [0.2, 0.25) is 0 Å². The molecule has 2 heterocycles. The number of H-pyrrole nitrogens is 1. The van der Waals surface area contributed by atoms with E-state index < -0.39 is 16.2 Å². The number of nitrogens with zero attached hydrogens (tertiary/aromatic N) is 4. The lowest BCUT2D eigenvalue weighted by molar-refractivity contribution is -0.385. The van der Waals surface area contributed by atoms with Crippen molar-refractivity contribution in [2.24, 2.45) is 0 Å². The van der Waals surface area contributed by atoms with E-state index in [0.29, 0.717) is 41.2 Å². The molecular formula is C20H25N5O4. The van der Waals surface area contributed by atoms with Crippen molar-refractivity contribution >= 4 is 16.9 Å². The van der Waals surface area contributed by atoms with Crippen molar-refractivity contribution < 1.29 is 4.92 Å². The second-order valence-electron chi connectivity index (χ2n) is 7.14. The van der Waals surface area contributed by atoms with Crippen LogP contribution in [0.3, 0.4) is 0 Å². The molecule has 2 aromatic heterocycles. The Hall–Kier alpha value is -3.23. The van der Waals surface area contributed by atoms with Crippen LogP contribution in [0.1, 0.15) is 45.1 Å². The number of benzene rings is 1. The summed E-state index contributed by atoms with van der Waals surface area (Å²) < 4.78 is 3.25. The van der Waals surface area contributed by atoms with Crippen molar-refractivity contribution in [2.75, 3.05) is 0 Å². The lowest BCUT2D eigenvalue weighted by Gasteiger charge is -2.09. The van der Waals surface area contributed by atoms with Crippen LogP contribution >= 0.6 is 0 Å². The van der Waals surface area contributed by atoms with Gasteiger partial charge in [0.15, 0.2) is 11.2 Å². The second-order valence-corrected chi connectivity index (χ2v) is 7.14. The number of nitro groups is 1. The SMILES string of the molecule is CCCCn1c(-c2ccc(C)c([N+](=O)[O-])c2)nc2c1c(=O)[nH]c(=O)n2CCCC. The number of aromatic nitrogens is 4. The van der Waals surface area contributed by atoms with E-state index in [0.717, 1.165) is 25.7 Å². The molecule has 0 radical (unpaired) electrons. The Bertz CT molecular complexity index is 1170. The van der Waals surface area contributed by atoms with Gasteiger partial charge in [-0.3, -0.25) is 24.5 Å². The Morgan fingerprint density at radius 1 is 1.10 bits per heavy atom. The number of rotatable bonds is 8. The maximum absolute atomic E-state index is 12.6. The number of nitro benzene ring substituents is 1. The Balaban J connectivity index is 2.33. The van der Waals surface area contributed by atoms with Gasteiger partial charge >= 0.3 is 5.69 Å². The zero-order chi connectivity index (χ0) is 21.1. The van der Waals surface area contributed by atoms with Crippen LogP contribution in [0.25, 0.3) is 22.6 Å². The van der Waals surface area contributed by atoms with E-state index in [9.17, 15) is 19.7 Å². The van der Waals surface area contributed by atoms with Gasteiger partial charge in [-0.05, 0) is 19.8 Å². The monoisotopic (exact) mass is 399 g/mol. The number of hydrogen-bond acceptors (Lipinski definition) is 5. The minimum Gasteiger partial charge on any atom is -0.318 e. The smallest absolute Gasteiger partial charge is 0.318 e. The highest BCUT2D eigenvalue weighted by atomic mass is 16.6. The molecule has 29 heavy (non-hydrogen) atoms. The van der Waals surface area contributed by atoms with E-state index in [4.69, 9.17) is 0 Å². The number of nitrogens with one attached hydrogen (secondary N) is 1. The number of aromatic amines is 1. The highest BCUT2D eigenvalue weighted by molar-refractivity contribution is 5.77. The first-order valence-corrected chi connectivity index (χ1v) is 9.87. The number of aryl methyl sites for hydroxylation is 3. The first-order chi connectivity index (χ1) is 13.9. The van der Waals surface area contributed by atoms with E-state index >= 15 is 0 Å². The standard InChI is InChI=1S/C20H25N5O4/c1-4-6-10-23-16-18(24(11-7-5-2)20(27)22-19(16)26)21-17(23)14-9-8-13(3)15(12-14)25(28)29/h8-9,12H,4-7,10-11H2,1-3H3,(H,22,26,27). The summed E-state index contributed by atoms with van der Waals surface area (Å²) in [6, 6.07) is 4.90. The Kier molecular flexibility index (Phi) is 5.95. The molecule has 9 nitrogen and oxygen atoms in total. The summed E-state index contributed by atoms with van der Waals surface area (Å²) in [6.45, 7) is 6.70. The quantitative estimate of drug-likeness (QED) is 0.460. The Labute approximate surface area is 167 Å². The van der Waals surface area contributed by atoms with Crippen molar-refractivity contribution in [2.45, 2.75) is 59.5 Å². The number of hydrogen-bond donors (Lipinski definition) is 1. The van der Waals surface area contributed by atoms with Crippen molar-refractivity contribution in [3.63, 3.8) is 0 Å². The molecule has 0 bridgehead atoms. The summed E-state index contributed by atoms with van der Waals surface area (Å²) in [6.07, 6.45) is 3.37. The summed E-state index contributed by atoms with van der Waals surface area (Å²) in [4.78, 5) is 43.0. The minimum atomic E-state index is -0.491. The maximum Gasteiger partial charge on any atom is 0.330 e. The van der Waals surface area contributed by atoms with Crippen molar-refractivity contribution in [3.8, 4) is 11.4 Å². The van der Waals surface area contributed by atoms with Crippen LogP contribution in [-0.2, 0) is 13.1 Å². The van der Waals surface area contributed by atoms with Crippen molar-refractivity contribution in [1.82, 2.24) is 19.1 Å². The predicted octanol–water partition coefficient (Wildman–Crippen LogP) is 3.37. The molecule has 0 aliphatic rings. The van der Waals surface area contributed by atoms with Gasteiger partial charge in [0.05, 0.1) is 4.92 Å². The number of imidazole rings is 1. The van der Waals surface area contributed by atoms with Gasteiger partial charge in [-0.25, -0.2) is 9.78 Å². The third-order valence-electron chi connectivity index (χ3n) is 5.02. The molecule has 0 amide bonds. The normalized spacial score (nSPS) is 11.3. The van der Waals surface area contributed by atoms with Gasteiger partial charge in [-0.2, -0.15) is 0 Å². The molecule has 154 valence electrons. The van der Waals surface area contributed by atoms with Crippen molar-refractivity contribution in [3.05, 3.63) is 54.7 Å². The van der Waals surface area contributed by atoms with Crippen molar-refractivity contribution in [1.29, 1.82) is 0 Å². The summed E-state index contributed by atoms with van der Waals surface area (Å²) >= 11 is 0. The van der Waals surface area contributed by atoms with Gasteiger partial charge in [0.1, 0.15) is 5.82 Å². The van der Waals surface area contributed by atoms with Gasteiger partial charge in [0.2, 0.25) is 0 Å². The fraction of sp³-hybridized carbons (Fsp3) is 0.450. The highest BCUT2D eigenvalue weighted by Gasteiger charge is 2.21. The van der Waals surface area contributed by atoms with Gasteiger partial charge in [-0.15, -0.1) is 0 Å². The molecule has 9 heteroatoms. The molecule has 0 spiro atoms. The summed E-state index contributed by atoms with van der Waals surface area (Å²) in [5, 5.41) is 11.4. The molecule has 0 saturated heterocycles. The van der Waals surface area contributed by atoms with E-state index in [1.807, 2.05) is 13.8 Å². The highest BCUT2D eigenvalue weighted by Crippen LogP contribution is 2.28. The average Bonchev–Trinajstić information content (AvgIpc) is 3.06. The molecule has 0 fully saturated rings. The maximum atomic E-state index is 12.6. The van der Waals surface area contributed by atoms with Crippen LogP contribution in [0.4, 0.5) is 5.69 Å². The lowest BCUT2D eigenvalue weighted by atomic mass is 10.1. The molecule has 0 atom stereocenters. The molecule has 0 aliphatic carbocycles. The van der Waals surface area contributed by atoms with Crippen LogP contribution in [0.15, 0.2) is 27.8 Å². The van der Waals surface area contributed by atoms with Crippen LogP contribution < -0.4 is 11.2 Å². The van der Waals surface area contributed by atoms with Crippen LogP contribution in [0.5, 0.6) is 0 Å². The zero-order valence-electron chi connectivity index (χ0n) is 16.9. The van der Waals surface area contributed by atoms with Gasteiger partial charge in [-0.1, -0.05) is 38.8 Å². The number of fused-ring (bicyclic) bond motifs is 1. The van der Waals surface area contributed by atoms with E-state index in [-0.39, 0.29) is 5.69 Å². The second kappa shape index (κ2) is 8.42. The Morgan fingerprint density at radius 3 is 2.38 bits per heavy atom. The number of unbranched alkanes of at least 4 members (excludes halogenated alkanes) is 2. The molecule has 0 unspecified atom stereocenters.